The summed E-state index contributed by atoms with van der Waals surface area (Å²) in [5, 5.41) is 9.73. The highest BCUT2D eigenvalue weighted by Crippen LogP contribution is 2.28. The lowest BCUT2D eigenvalue weighted by Gasteiger charge is -2.31. The van der Waals surface area contributed by atoms with Crippen LogP contribution in [0.3, 0.4) is 0 Å². The van der Waals surface area contributed by atoms with Crippen LogP contribution in [0.5, 0.6) is 5.75 Å². The van der Waals surface area contributed by atoms with Gasteiger partial charge in [-0.25, -0.2) is 4.39 Å². The van der Waals surface area contributed by atoms with Crippen LogP contribution in [0.2, 0.25) is 0 Å². The summed E-state index contributed by atoms with van der Waals surface area (Å²) in [7, 11) is 1.49. The Morgan fingerprint density at radius 1 is 1.38 bits per heavy atom. The van der Waals surface area contributed by atoms with Gasteiger partial charge in [-0.3, -0.25) is 9.69 Å². The Morgan fingerprint density at radius 3 is 2.90 bits per heavy atom. The predicted molar refractivity (Wildman–Crippen MR) is 113 cm³/mol. The number of carbonyl (C=O) groups excluding carboxylic acids is 1. The van der Waals surface area contributed by atoms with Crippen LogP contribution < -0.4 is 4.74 Å². The Balaban J connectivity index is 1.67. The number of halogens is 1. The Labute approximate surface area is 175 Å². The summed E-state index contributed by atoms with van der Waals surface area (Å²) in [6.45, 7) is 5.63. The minimum Gasteiger partial charge on any atom is -0.496 e. The second-order valence-electron chi connectivity index (χ2n) is 7.86. The Morgan fingerprint density at radius 2 is 2.17 bits per heavy atom. The molecule has 0 bridgehead atoms. The molecule has 0 amide bonds. The lowest BCUT2D eigenvalue weighted by atomic mass is 9.89. The van der Waals surface area contributed by atoms with E-state index in [0.717, 1.165) is 30.8 Å². The molecule has 154 valence electrons. The molecule has 0 spiro atoms. The number of benzene rings is 1. The Kier molecular flexibility index (Phi) is 6.74. The van der Waals surface area contributed by atoms with Gasteiger partial charge in [0.25, 0.3) is 0 Å². The Hall–Kier alpha value is -2.20. The van der Waals surface area contributed by atoms with E-state index in [1.165, 1.54) is 30.2 Å². The molecule has 3 rings (SSSR count). The third kappa shape index (κ3) is 5.89. The molecule has 0 radical (unpaired) electrons. The topological polar surface area (TPSA) is 49.8 Å². The van der Waals surface area contributed by atoms with Gasteiger partial charge in [-0.2, -0.15) is 0 Å². The van der Waals surface area contributed by atoms with E-state index in [1.807, 2.05) is 12.1 Å². The van der Waals surface area contributed by atoms with Crippen LogP contribution in [0, 0.1) is 23.6 Å². The third-order valence-electron chi connectivity index (χ3n) is 4.84. The zero-order valence-corrected chi connectivity index (χ0v) is 17.8. The highest BCUT2D eigenvalue weighted by Gasteiger charge is 2.28. The van der Waals surface area contributed by atoms with Crippen LogP contribution in [0.1, 0.15) is 46.8 Å². The highest BCUT2D eigenvalue weighted by molar-refractivity contribution is 7.12. The number of hydrogen-bond donors (Lipinski definition) is 1. The van der Waals surface area contributed by atoms with Crippen molar-refractivity contribution in [2.75, 3.05) is 20.2 Å². The average Bonchev–Trinajstić information content (AvgIpc) is 3.13. The lowest BCUT2D eigenvalue weighted by Crippen LogP contribution is -2.38. The second kappa shape index (κ2) is 9.08. The van der Waals surface area contributed by atoms with Crippen molar-refractivity contribution in [2.45, 2.75) is 38.8 Å². The third-order valence-corrected chi connectivity index (χ3v) is 5.82. The number of ether oxygens (including phenoxy) is 1. The van der Waals surface area contributed by atoms with Gasteiger partial charge in [0.1, 0.15) is 17.2 Å². The van der Waals surface area contributed by atoms with Crippen LogP contribution in [0.4, 0.5) is 4.39 Å². The summed E-state index contributed by atoms with van der Waals surface area (Å²) in [4.78, 5) is 17.3. The second-order valence-corrected chi connectivity index (χ2v) is 9.03. The van der Waals surface area contributed by atoms with Gasteiger partial charge in [0.05, 0.1) is 17.6 Å². The van der Waals surface area contributed by atoms with E-state index in [1.54, 1.807) is 25.2 Å². The lowest BCUT2D eigenvalue weighted by molar-refractivity contribution is 0.0809. The number of nitrogens with zero attached hydrogens (tertiary/aromatic N) is 1. The van der Waals surface area contributed by atoms with Gasteiger partial charge in [-0.15, -0.1) is 11.3 Å². The van der Waals surface area contributed by atoms with E-state index in [2.05, 4.69) is 16.7 Å². The van der Waals surface area contributed by atoms with Crippen molar-refractivity contribution in [1.29, 1.82) is 0 Å². The molecule has 1 aliphatic heterocycles. The summed E-state index contributed by atoms with van der Waals surface area (Å²) >= 11 is 1.60. The first kappa shape index (κ1) is 21.5. The molecule has 1 aromatic carbocycles. The van der Waals surface area contributed by atoms with E-state index < -0.39 is 11.4 Å². The van der Waals surface area contributed by atoms with Crippen LogP contribution in [0.15, 0.2) is 30.3 Å². The van der Waals surface area contributed by atoms with Gasteiger partial charge in [-0.1, -0.05) is 11.8 Å². The first-order valence-corrected chi connectivity index (χ1v) is 10.5. The molecule has 6 heteroatoms. The molecule has 1 N–H and O–H groups in total. The number of carbonyl (C=O) groups is 1. The molecule has 0 unspecified atom stereocenters. The van der Waals surface area contributed by atoms with Gasteiger partial charge >= 0.3 is 0 Å². The SMILES string of the molecule is COc1ccc(F)cc1C(=O)[C@H]1CCCN(Cc2ccc(C#CC(C)(C)O)s2)C1. The standard InChI is InChI=1S/C23H26FNO3S/c1-23(2,27)11-10-18-7-8-19(29-18)15-25-12-4-5-16(14-25)22(26)20-13-17(24)6-9-21(20)28-3/h6-9,13,16,27H,4-5,12,14-15H2,1-3H3/t16-/m0/s1. The van der Waals surface area contributed by atoms with Crippen molar-refractivity contribution in [2.24, 2.45) is 5.92 Å². The first-order valence-electron chi connectivity index (χ1n) is 9.69. The van der Waals surface area contributed by atoms with E-state index in [9.17, 15) is 14.3 Å². The summed E-state index contributed by atoms with van der Waals surface area (Å²) < 4.78 is 18.9. The number of thiophene rings is 1. The van der Waals surface area contributed by atoms with Crippen molar-refractivity contribution in [3.8, 4) is 17.6 Å². The van der Waals surface area contributed by atoms with E-state index in [-0.39, 0.29) is 11.7 Å². The number of hydrogen-bond acceptors (Lipinski definition) is 5. The van der Waals surface area contributed by atoms with E-state index in [4.69, 9.17) is 4.74 Å². The molecule has 0 saturated carbocycles. The number of likely N-dealkylation sites (tertiary alicyclic amines) is 1. The number of aliphatic hydroxyl groups is 1. The van der Waals surface area contributed by atoms with Crippen LogP contribution in [-0.4, -0.2) is 41.6 Å². The molecule has 1 aliphatic rings. The summed E-state index contributed by atoms with van der Waals surface area (Å²) in [5.41, 5.74) is -0.692. The van der Waals surface area contributed by atoms with E-state index in [0.29, 0.717) is 17.9 Å². The molecule has 1 aromatic heterocycles. The van der Waals surface area contributed by atoms with Gasteiger partial charge in [0, 0.05) is 23.9 Å². The fraction of sp³-hybridized carbons (Fsp3) is 0.435. The molecule has 1 atom stereocenters. The molecule has 4 nitrogen and oxygen atoms in total. The molecule has 1 fully saturated rings. The first-order chi connectivity index (χ1) is 13.7. The maximum atomic E-state index is 13.7. The summed E-state index contributed by atoms with van der Waals surface area (Å²) in [6.07, 6.45) is 1.71. The number of ketones is 1. The number of piperidine rings is 1. The van der Waals surface area contributed by atoms with Gasteiger partial charge < -0.3 is 9.84 Å². The van der Waals surface area contributed by atoms with Crippen molar-refractivity contribution in [1.82, 2.24) is 4.90 Å². The van der Waals surface area contributed by atoms with Crippen LogP contribution in [0.25, 0.3) is 0 Å². The average molecular weight is 416 g/mol. The molecule has 2 aromatic rings. The predicted octanol–water partition coefficient (Wildman–Crippen LogP) is 4.11. The minimum absolute atomic E-state index is 0.0611. The van der Waals surface area contributed by atoms with Gasteiger partial charge in [0.15, 0.2) is 5.78 Å². The fourth-order valence-corrected chi connectivity index (χ4v) is 4.37. The number of Topliss-reactive ketones (excluding diaryl/α,β-unsaturated/α-hetero) is 1. The Bertz CT molecular complexity index is 936. The summed E-state index contributed by atoms with van der Waals surface area (Å²) in [6, 6.07) is 8.08. The highest BCUT2D eigenvalue weighted by atomic mass is 32.1. The zero-order valence-electron chi connectivity index (χ0n) is 17.0. The van der Waals surface area contributed by atoms with Crippen LogP contribution >= 0.6 is 11.3 Å². The largest absolute Gasteiger partial charge is 0.496 e. The minimum atomic E-state index is -1.01. The van der Waals surface area contributed by atoms with Crippen molar-refractivity contribution in [3.05, 3.63) is 51.5 Å². The molecular weight excluding hydrogens is 389 g/mol. The van der Waals surface area contributed by atoms with Gasteiger partial charge in [0.2, 0.25) is 0 Å². The quantitative estimate of drug-likeness (QED) is 0.590. The normalized spacial score (nSPS) is 17.5. The smallest absolute Gasteiger partial charge is 0.171 e. The molecule has 29 heavy (non-hydrogen) atoms. The van der Waals surface area contributed by atoms with Crippen molar-refractivity contribution < 1.29 is 19.0 Å². The van der Waals surface area contributed by atoms with Crippen LogP contribution in [-0.2, 0) is 6.54 Å². The maximum absolute atomic E-state index is 13.7. The number of rotatable bonds is 5. The zero-order chi connectivity index (χ0) is 21.0. The van der Waals surface area contributed by atoms with Crippen molar-refractivity contribution >= 4 is 17.1 Å². The molecular formula is C23H26FNO3S. The molecule has 0 aliphatic carbocycles. The van der Waals surface area contributed by atoms with E-state index >= 15 is 0 Å². The summed E-state index contributed by atoms with van der Waals surface area (Å²) in [5.74, 6) is 5.59. The van der Waals surface area contributed by atoms with Crippen molar-refractivity contribution in [3.63, 3.8) is 0 Å². The number of methoxy groups -OCH3 is 1. The monoisotopic (exact) mass is 415 g/mol. The van der Waals surface area contributed by atoms with Gasteiger partial charge in [-0.05, 0) is 63.6 Å². The maximum Gasteiger partial charge on any atom is 0.171 e. The fourth-order valence-electron chi connectivity index (χ4n) is 3.47. The molecule has 1 saturated heterocycles. The molecule has 2 heterocycles.